The quantitative estimate of drug-likeness (QED) is 0.530. The smallest absolute Gasteiger partial charge is 0.337 e. The number of halogens is 1. The predicted molar refractivity (Wildman–Crippen MR) is 119 cm³/mol. The van der Waals surface area contributed by atoms with E-state index in [0.717, 1.165) is 5.56 Å². The number of sulfonamides is 1. The number of rotatable bonds is 6. The molecule has 0 aliphatic heterocycles. The number of anilines is 2. The minimum atomic E-state index is -3.74. The van der Waals surface area contributed by atoms with Crippen LogP contribution >= 0.6 is 11.6 Å². The number of benzene rings is 3. The van der Waals surface area contributed by atoms with Gasteiger partial charge in [0.2, 0.25) is 0 Å². The summed E-state index contributed by atoms with van der Waals surface area (Å²) in [6, 6.07) is 16.7. The highest BCUT2D eigenvalue weighted by Gasteiger charge is 2.15. The first-order chi connectivity index (χ1) is 14.7. The summed E-state index contributed by atoms with van der Waals surface area (Å²) in [5, 5.41) is 2.88. The normalized spacial score (nSPS) is 10.9. The summed E-state index contributed by atoms with van der Waals surface area (Å²) in [5.74, 6) is -1.03. The molecule has 0 heterocycles. The molecule has 0 bridgehead atoms. The van der Waals surface area contributed by atoms with E-state index in [-0.39, 0.29) is 26.7 Å². The Hall–Kier alpha value is -3.36. The molecule has 0 saturated heterocycles. The fraction of sp³-hybridized carbons (Fsp3) is 0.0909. The molecule has 2 N–H and O–H groups in total. The zero-order valence-corrected chi connectivity index (χ0v) is 18.3. The van der Waals surface area contributed by atoms with Crippen LogP contribution in [0.3, 0.4) is 0 Å². The Labute approximate surface area is 185 Å². The standard InChI is InChI=1S/C22H19ClN2O5S/c1-14-3-10-18(11-4-14)31(28,29)25-17-8-5-15(6-9-17)21(26)24-20-13-16(22(27)30-2)7-12-19(20)23/h3-13,25H,1-2H3,(H,24,26). The van der Waals surface area contributed by atoms with E-state index in [1.165, 1.54) is 61.7 Å². The summed E-state index contributed by atoms with van der Waals surface area (Å²) >= 11 is 6.10. The van der Waals surface area contributed by atoms with E-state index in [4.69, 9.17) is 11.6 Å². The van der Waals surface area contributed by atoms with Crippen LogP contribution in [-0.4, -0.2) is 27.4 Å². The summed E-state index contributed by atoms with van der Waals surface area (Å²) in [6.07, 6.45) is 0. The second kappa shape index (κ2) is 9.20. The van der Waals surface area contributed by atoms with Gasteiger partial charge in [-0.25, -0.2) is 13.2 Å². The van der Waals surface area contributed by atoms with Gasteiger partial charge in [0.25, 0.3) is 15.9 Å². The lowest BCUT2D eigenvalue weighted by molar-refractivity contribution is 0.0600. The van der Waals surface area contributed by atoms with Crippen molar-refractivity contribution in [2.75, 3.05) is 17.1 Å². The first-order valence-corrected chi connectivity index (χ1v) is 10.9. The second-order valence-corrected chi connectivity index (χ2v) is 8.73. The molecular formula is C22H19ClN2O5S. The zero-order valence-electron chi connectivity index (χ0n) is 16.7. The van der Waals surface area contributed by atoms with Gasteiger partial charge in [0.1, 0.15) is 0 Å². The highest BCUT2D eigenvalue weighted by atomic mass is 35.5. The van der Waals surface area contributed by atoms with Gasteiger partial charge in [0.05, 0.1) is 28.3 Å². The molecule has 3 rings (SSSR count). The number of hydrogen-bond donors (Lipinski definition) is 2. The van der Waals surface area contributed by atoms with E-state index in [2.05, 4.69) is 14.8 Å². The molecule has 3 aromatic carbocycles. The third-order valence-corrected chi connectivity index (χ3v) is 6.09. The summed E-state index contributed by atoms with van der Waals surface area (Å²) in [6.45, 7) is 1.87. The van der Waals surface area contributed by atoms with Crippen molar-refractivity contribution in [2.45, 2.75) is 11.8 Å². The second-order valence-electron chi connectivity index (χ2n) is 6.64. The molecule has 0 fully saturated rings. The van der Waals surface area contributed by atoms with Crippen molar-refractivity contribution in [1.82, 2.24) is 0 Å². The number of methoxy groups -OCH3 is 1. The maximum absolute atomic E-state index is 12.5. The van der Waals surface area contributed by atoms with Crippen LogP contribution in [0.25, 0.3) is 0 Å². The van der Waals surface area contributed by atoms with Crippen molar-refractivity contribution in [3.8, 4) is 0 Å². The molecule has 31 heavy (non-hydrogen) atoms. The van der Waals surface area contributed by atoms with Crippen LogP contribution in [0.4, 0.5) is 11.4 Å². The van der Waals surface area contributed by atoms with Gasteiger partial charge in [-0.2, -0.15) is 0 Å². The largest absolute Gasteiger partial charge is 0.465 e. The van der Waals surface area contributed by atoms with Crippen molar-refractivity contribution in [2.24, 2.45) is 0 Å². The predicted octanol–water partition coefficient (Wildman–Crippen LogP) is 4.49. The Morgan fingerprint density at radius 2 is 1.52 bits per heavy atom. The van der Waals surface area contributed by atoms with Gasteiger partial charge in [-0.1, -0.05) is 29.3 Å². The molecule has 0 aromatic heterocycles. The van der Waals surface area contributed by atoms with Crippen molar-refractivity contribution in [1.29, 1.82) is 0 Å². The molecule has 0 spiro atoms. The van der Waals surface area contributed by atoms with Crippen LogP contribution in [0.5, 0.6) is 0 Å². The number of aryl methyl sites for hydroxylation is 1. The number of carbonyl (C=O) groups excluding carboxylic acids is 2. The summed E-state index contributed by atoms with van der Waals surface area (Å²) in [4.78, 5) is 24.4. The maximum Gasteiger partial charge on any atom is 0.337 e. The van der Waals surface area contributed by atoms with Gasteiger partial charge in [-0.15, -0.1) is 0 Å². The minimum Gasteiger partial charge on any atom is -0.465 e. The Morgan fingerprint density at radius 3 is 2.13 bits per heavy atom. The molecule has 1 amide bonds. The Kier molecular flexibility index (Phi) is 6.62. The van der Waals surface area contributed by atoms with E-state index < -0.39 is 21.9 Å². The van der Waals surface area contributed by atoms with Crippen LogP contribution in [0, 0.1) is 6.92 Å². The molecule has 160 valence electrons. The van der Waals surface area contributed by atoms with Gasteiger partial charge in [0.15, 0.2) is 0 Å². The van der Waals surface area contributed by atoms with E-state index in [9.17, 15) is 18.0 Å². The van der Waals surface area contributed by atoms with E-state index >= 15 is 0 Å². The molecule has 0 unspecified atom stereocenters. The lowest BCUT2D eigenvalue weighted by atomic mass is 10.1. The van der Waals surface area contributed by atoms with Crippen molar-refractivity contribution in [3.63, 3.8) is 0 Å². The number of nitrogens with one attached hydrogen (secondary N) is 2. The molecule has 0 aliphatic carbocycles. The fourth-order valence-electron chi connectivity index (χ4n) is 2.68. The fourth-order valence-corrected chi connectivity index (χ4v) is 3.90. The third-order valence-electron chi connectivity index (χ3n) is 4.37. The van der Waals surface area contributed by atoms with Crippen LogP contribution in [0.2, 0.25) is 5.02 Å². The van der Waals surface area contributed by atoms with Crippen molar-refractivity contribution >= 4 is 44.9 Å². The Morgan fingerprint density at radius 1 is 0.903 bits per heavy atom. The summed E-state index contributed by atoms with van der Waals surface area (Å²) in [7, 11) is -2.49. The third kappa shape index (κ3) is 5.42. The van der Waals surface area contributed by atoms with Gasteiger partial charge in [0, 0.05) is 11.3 Å². The minimum absolute atomic E-state index is 0.139. The number of ether oxygens (including phenoxy) is 1. The molecule has 7 nitrogen and oxygen atoms in total. The first-order valence-electron chi connectivity index (χ1n) is 9.08. The monoisotopic (exact) mass is 458 g/mol. The maximum atomic E-state index is 12.5. The summed E-state index contributed by atoms with van der Waals surface area (Å²) in [5.41, 5.74) is 2.02. The van der Waals surface area contributed by atoms with Crippen LogP contribution < -0.4 is 10.0 Å². The number of carbonyl (C=O) groups is 2. The first kappa shape index (κ1) is 22.3. The lowest BCUT2D eigenvalue weighted by Crippen LogP contribution is -2.14. The van der Waals surface area contributed by atoms with Gasteiger partial charge in [-0.3, -0.25) is 9.52 Å². The Bertz CT molecular complexity index is 1220. The van der Waals surface area contributed by atoms with Gasteiger partial charge in [-0.05, 0) is 61.5 Å². The van der Waals surface area contributed by atoms with Crippen molar-refractivity contribution < 1.29 is 22.7 Å². The molecule has 0 atom stereocenters. The SMILES string of the molecule is COC(=O)c1ccc(Cl)c(NC(=O)c2ccc(NS(=O)(=O)c3ccc(C)cc3)cc2)c1. The molecule has 0 aliphatic rings. The average molecular weight is 459 g/mol. The molecule has 0 saturated carbocycles. The van der Waals surface area contributed by atoms with Crippen LogP contribution in [0.1, 0.15) is 26.3 Å². The molecular weight excluding hydrogens is 440 g/mol. The van der Waals surface area contributed by atoms with Crippen LogP contribution in [-0.2, 0) is 14.8 Å². The summed E-state index contributed by atoms with van der Waals surface area (Å²) < 4.78 is 32.1. The number of hydrogen-bond acceptors (Lipinski definition) is 5. The topological polar surface area (TPSA) is 102 Å². The number of amides is 1. The lowest BCUT2D eigenvalue weighted by Gasteiger charge is -2.11. The number of esters is 1. The van der Waals surface area contributed by atoms with Crippen LogP contribution in [0.15, 0.2) is 71.6 Å². The zero-order chi connectivity index (χ0) is 22.6. The van der Waals surface area contributed by atoms with E-state index in [1.54, 1.807) is 12.1 Å². The Balaban J connectivity index is 1.73. The van der Waals surface area contributed by atoms with E-state index in [1.807, 2.05) is 6.92 Å². The molecule has 3 aromatic rings. The van der Waals surface area contributed by atoms with Gasteiger partial charge < -0.3 is 10.1 Å². The van der Waals surface area contributed by atoms with Crippen molar-refractivity contribution in [3.05, 3.63) is 88.4 Å². The molecule has 0 radical (unpaired) electrons. The average Bonchev–Trinajstić information content (AvgIpc) is 2.75. The van der Waals surface area contributed by atoms with E-state index in [0.29, 0.717) is 5.69 Å². The van der Waals surface area contributed by atoms with Gasteiger partial charge >= 0.3 is 5.97 Å². The molecule has 9 heteroatoms. The highest BCUT2D eigenvalue weighted by molar-refractivity contribution is 7.92. The highest BCUT2D eigenvalue weighted by Crippen LogP contribution is 2.24.